The van der Waals surface area contributed by atoms with Gasteiger partial charge in [0, 0.05) is 32.1 Å². The Labute approximate surface area is 181 Å². The van der Waals surface area contributed by atoms with E-state index >= 15 is 0 Å². The molecule has 0 saturated heterocycles. The number of alkyl halides is 3. The summed E-state index contributed by atoms with van der Waals surface area (Å²) in [5, 5.41) is 18.0. The summed E-state index contributed by atoms with van der Waals surface area (Å²) >= 11 is 0. The summed E-state index contributed by atoms with van der Waals surface area (Å²) in [6.07, 6.45) is -1.82. The highest BCUT2D eigenvalue weighted by molar-refractivity contribution is 7.89. The van der Waals surface area contributed by atoms with Crippen molar-refractivity contribution in [3.63, 3.8) is 0 Å². The third-order valence-corrected chi connectivity index (χ3v) is 7.44. The number of nitrogens with zero attached hydrogens (tertiary/aromatic N) is 2. The van der Waals surface area contributed by atoms with Crippen molar-refractivity contribution >= 4 is 10.0 Å². The molecule has 0 amide bonds. The summed E-state index contributed by atoms with van der Waals surface area (Å²) in [6, 6.07) is 3.33. The van der Waals surface area contributed by atoms with Gasteiger partial charge in [-0.3, -0.25) is 4.90 Å². The van der Waals surface area contributed by atoms with E-state index in [4.69, 9.17) is 10.2 Å². The fourth-order valence-electron chi connectivity index (χ4n) is 3.62. The second-order valence-electron chi connectivity index (χ2n) is 7.59. The second-order valence-corrected chi connectivity index (χ2v) is 9.59. The number of hydrogen-bond donors (Lipinski definition) is 2. The van der Waals surface area contributed by atoms with E-state index in [0.717, 1.165) is 37.1 Å². The highest BCUT2D eigenvalue weighted by atomic mass is 32.2. The first-order valence-corrected chi connectivity index (χ1v) is 11.6. The lowest BCUT2D eigenvalue weighted by atomic mass is 9.86. The van der Waals surface area contributed by atoms with E-state index in [1.165, 1.54) is 11.4 Å². The van der Waals surface area contributed by atoms with Crippen LogP contribution in [0.3, 0.4) is 0 Å². The van der Waals surface area contributed by atoms with Crippen LogP contribution in [-0.2, 0) is 16.2 Å². The highest BCUT2D eigenvalue weighted by Gasteiger charge is 2.33. The van der Waals surface area contributed by atoms with Gasteiger partial charge in [0.15, 0.2) is 0 Å². The molecule has 31 heavy (non-hydrogen) atoms. The zero-order chi connectivity index (χ0) is 23.1. The molecule has 0 unspecified atom stereocenters. The third kappa shape index (κ3) is 7.19. The van der Waals surface area contributed by atoms with Crippen molar-refractivity contribution in [2.24, 2.45) is 5.92 Å². The van der Waals surface area contributed by atoms with Crippen LogP contribution in [0.25, 0.3) is 0 Å². The lowest BCUT2D eigenvalue weighted by Crippen LogP contribution is -2.39. The average Bonchev–Trinajstić information content (AvgIpc) is 2.73. The first-order valence-electron chi connectivity index (χ1n) is 10.2. The Hall–Kier alpha value is -1.64. The van der Waals surface area contributed by atoms with Crippen LogP contribution >= 0.6 is 0 Å². The summed E-state index contributed by atoms with van der Waals surface area (Å²) in [4.78, 5) is 1.70. The van der Waals surface area contributed by atoms with Crippen LogP contribution in [0.5, 0.6) is 0 Å². The summed E-state index contributed by atoms with van der Waals surface area (Å²) in [5.74, 6) is 6.40. The van der Waals surface area contributed by atoms with E-state index in [0.29, 0.717) is 32.5 Å². The SMILES string of the molecule is CN(C1CCC(C#CCN(CCO)CCO)CC1)S(=O)(=O)c1ccc(C(F)(F)F)cc1. The topological polar surface area (TPSA) is 81.1 Å². The van der Waals surface area contributed by atoms with Gasteiger partial charge >= 0.3 is 6.18 Å². The molecule has 0 aliphatic heterocycles. The summed E-state index contributed by atoms with van der Waals surface area (Å²) < 4.78 is 65.0. The van der Waals surface area contributed by atoms with Gasteiger partial charge in [-0.15, -0.1) is 0 Å². The molecule has 0 radical (unpaired) electrons. The van der Waals surface area contributed by atoms with Gasteiger partial charge in [-0.05, 0) is 49.9 Å². The molecule has 1 aliphatic rings. The van der Waals surface area contributed by atoms with Crippen LogP contribution < -0.4 is 0 Å². The number of sulfonamides is 1. The molecule has 6 nitrogen and oxygen atoms in total. The number of rotatable bonds is 8. The van der Waals surface area contributed by atoms with Crippen LogP contribution in [0.1, 0.15) is 31.2 Å². The van der Waals surface area contributed by atoms with Crippen LogP contribution in [-0.4, -0.2) is 73.8 Å². The minimum Gasteiger partial charge on any atom is -0.395 e. The Bertz CT molecular complexity index is 849. The largest absolute Gasteiger partial charge is 0.416 e. The van der Waals surface area contributed by atoms with E-state index in [1.54, 1.807) is 0 Å². The van der Waals surface area contributed by atoms with E-state index in [2.05, 4.69) is 11.8 Å². The van der Waals surface area contributed by atoms with Gasteiger partial charge in [-0.2, -0.15) is 17.5 Å². The Morgan fingerprint density at radius 2 is 1.58 bits per heavy atom. The maximum absolute atomic E-state index is 12.8. The number of aliphatic hydroxyl groups excluding tert-OH is 2. The van der Waals surface area contributed by atoms with Crippen LogP contribution in [0, 0.1) is 17.8 Å². The molecule has 0 bridgehead atoms. The van der Waals surface area contributed by atoms with Crippen molar-refractivity contribution < 1.29 is 31.8 Å². The Kier molecular flexibility index (Phi) is 9.33. The molecular formula is C21H29F3N2O4S. The first kappa shape index (κ1) is 25.6. The number of hydrogen-bond acceptors (Lipinski definition) is 5. The number of halogens is 3. The Morgan fingerprint density at radius 1 is 1.03 bits per heavy atom. The molecule has 0 spiro atoms. The second kappa shape index (κ2) is 11.3. The molecule has 10 heteroatoms. The molecule has 0 heterocycles. The standard InChI is InChI=1S/C21H29F3N2O4S/c1-25(31(29,30)20-10-6-18(7-11-20)21(22,23)24)19-8-4-17(5-9-19)3-2-12-26(13-15-27)14-16-28/h6-7,10-11,17,19,27-28H,4-5,8-9,12-16H2,1H3. The third-order valence-electron chi connectivity index (χ3n) is 5.51. The normalized spacial score (nSPS) is 20.0. The summed E-state index contributed by atoms with van der Waals surface area (Å²) in [5.41, 5.74) is -0.885. The predicted octanol–water partition coefficient (Wildman–Crippen LogP) is 2.17. The van der Waals surface area contributed by atoms with Crippen molar-refractivity contribution in [2.75, 3.05) is 39.9 Å². The van der Waals surface area contributed by atoms with E-state index < -0.39 is 21.8 Å². The molecule has 1 aliphatic carbocycles. The molecule has 1 aromatic rings. The maximum Gasteiger partial charge on any atom is 0.416 e. The molecule has 1 aromatic carbocycles. The quantitative estimate of drug-likeness (QED) is 0.579. The van der Waals surface area contributed by atoms with E-state index in [-0.39, 0.29) is 30.1 Å². The zero-order valence-corrected chi connectivity index (χ0v) is 18.3. The lowest BCUT2D eigenvalue weighted by Gasteiger charge is -2.32. The van der Waals surface area contributed by atoms with Crippen molar-refractivity contribution in [2.45, 2.75) is 42.8 Å². The molecule has 2 rings (SSSR count). The van der Waals surface area contributed by atoms with Gasteiger partial charge in [0.1, 0.15) is 0 Å². The number of benzene rings is 1. The molecular weight excluding hydrogens is 433 g/mol. The molecule has 0 atom stereocenters. The van der Waals surface area contributed by atoms with E-state index in [1.807, 2.05) is 4.90 Å². The smallest absolute Gasteiger partial charge is 0.395 e. The molecule has 1 saturated carbocycles. The predicted molar refractivity (Wildman–Crippen MR) is 111 cm³/mol. The van der Waals surface area contributed by atoms with Crippen molar-refractivity contribution in [3.05, 3.63) is 29.8 Å². The lowest BCUT2D eigenvalue weighted by molar-refractivity contribution is -0.137. The van der Waals surface area contributed by atoms with Crippen LogP contribution in [0.2, 0.25) is 0 Å². The fourth-order valence-corrected chi connectivity index (χ4v) is 5.03. The van der Waals surface area contributed by atoms with Crippen LogP contribution in [0.15, 0.2) is 29.2 Å². The number of aliphatic hydroxyl groups is 2. The van der Waals surface area contributed by atoms with Gasteiger partial charge < -0.3 is 10.2 Å². The molecule has 0 aromatic heterocycles. The van der Waals surface area contributed by atoms with Gasteiger partial charge in [0.05, 0.1) is 30.2 Å². The molecule has 2 N–H and O–H groups in total. The van der Waals surface area contributed by atoms with Crippen LogP contribution in [0.4, 0.5) is 13.2 Å². The fraction of sp³-hybridized carbons (Fsp3) is 0.619. The van der Waals surface area contributed by atoms with Gasteiger partial charge in [0.2, 0.25) is 10.0 Å². The minimum absolute atomic E-state index is 0.00741. The van der Waals surface area contributed by atoms with E-state index in [9.17, 15) is 21.6 Å². The molecule has 1 fully saturated rings. The van der Waals surface area contributed by atoms with Gasteiger partial charge in [-0.25, -0.2) is 8.42 Å². The van der Waals surface area contributed by atoms with Crippen molar-refractivity contribution in [1.82, 2.24) is 9.21 Å². The summed E-state index contributed by atoms with van der Waals surface area (Å²) in [7, 11) is -2.42. The van der Waals surface area contributed by atoms with Gasteiger partial charge in [-0.1, -0.05) is 11.8 Å². The van der Waals surface area contributed by atoms with Crippen molar-refractivity contribution in [3.8, 4) is 11.8 Å². The Morgan fingerprint density at radius 3 is 2.06 bits per heavy atom. The average molecular weight is 463 g/mol. The maximum atomic E-state index is 12.8. The zero-order valence-electron chi connectivity index (χ0n) is 17.5. The highest BCUT2D eigenvalue weighted by Crippen LogP contribution is 2.32. The molecule has 174 valence electrons. The van der Waals surface area contributed by atoms with Gasteiger partial charge in [0.25, 0.3) is 0 Å². The minimum atomic E-state index is -4.51. The Balaban J connectivity index is 1.94. The van der Waals surface area contributed by atoms with Crippen molar-refractivity contribution in [1.29, 1.82) is 0 Å². The summed E-state index contributed by atoms with van der Waals surface area (Å²) in [6.45, 7) is 1.31. The first-order chi connectivity index (χ1) is 14.6. The monoisotopic (exact) mass is 462 g/mol.